The third-order valence-corrected chi connectivity index (χ3v) is 16.3. The van der Waals surface area contributed by atoms with Crippen molar-refractivity contribution < 1.29 is 42.1 Å². The van der Waals surface area contributed by atoms with Gasteiger partial charge in [0.15, 0.2) is 6.10 Å². The number of nitrogens with zero attached hydrogens (tertiary/aromatic N) is 1. The van der Waals surface area contributed by atoms with Crippen molar-refractivity contribution in [2.45, 2.75) is 322 Å². The van der Waals surface area contributed by atoms with Crippen LogP contribution < -0.4 is 4.89 Å². The second kappa shape index (κ2) is 65.4. The molecule has 0 heterocycles. The summed E-state index contributed by atoms with van der Waals surface area (Å²) in [4.78, 5) is 38.1. The molecule has 0 radical (unpaired) electrons. The molecule has 0 aromatic carbocycles. The van der Waals surface area contributed by atoms with Gasteiger partial charge in [0.25, 0.3) is 7.82 Å². The number of quaternary nitrogens is 1. The SMILES string of the molecule is CC/C=C\C/C=C\C/C=C\C/C=C\C/C=C\C/C=C\C/C=C\C/C=C\CCCCCCCCC(=O)OC(COC(=O)CCCCCCCCCCCCCCCCCCCCCCCCCCCCCCCC)COP(=O)([O-])OCC[N+](C)(C)C. The molecule has 0 saturated carbocycles. The zero-order chi connectivity index (χ0) is 61.9. The van der Waals surface area contributed by atoms with Crippen molar-refractivity contribution in [3.63, 3.8) is 0 Å². The van der Waals surface area contributed by atoms with Crippen LogP contribution in [0.1, 0.15) is 316 Å². The van der Waals surface area contributed by atoms with Crippen LogP contribution in [0.5, 0.6) is 0 Å². The molecule has 492 valence electrons. The van der Waals surface area contributed by atoms with Crippen LogP contribution >= 0.6 is 7.82 Å². The summed E-state index contributed by atoms with van der Waals surface area (Å²) in [6.07, 6.45) is 90.6. The molecule has 0 spiro atoms. The van der Waals surface area contributed by atoms with Gasteiger partial charge in [0.1, 0.15) is 19.8 Å². The molecule has 0 bridgehead atoms. The highest BCUT2D eigenvalue weighted by Gasteiger charge is 2.22. The second-order valence-corrected chi connectivity index (χ2v) is 26.3. The fraction of sp³-hybridized carbons (Fsp3) is 0.760. The van der Waals surface area contributed by atoms with Crippen molar-refractivity contribution in [3.05, 3.63) is 97.2 Å². The molecule has 0 aliphatic heterocycles. The van der Waals surface area contributed by atoms with E-state index in [0.717, 1.165) is 109 Å². The molecule has 9 nitrogen and oxygen atoms in total. The lowest BCUT2D eigenvalue weighted by Gasteiger charge is -2.28. The highest BCUT2D eigenvalue weighted by atomic mass is 31.2. The van der Waals surface area contributed by atoms with Gasteiger partial charge in [0, 0.05) is 12.8 Å². The minimum Gasteiger partial charge on any atom is -0.756 e. The fourth-order valence-corrected chi connectivity index (χ4v) is 10.7. The Hall–Kier alpha value is -3.07. The van der Waals surface area contributed by atoms with E-state index in [0.29, 0.717) is 17.4 Å². The van der Waals surface area contributed by atoms with Crippen LogP contribution in [0.25, 0.3) is 0 Å². The molecular formula is C75H134NO8P. The maximum Gasteiger partial charge on any atom is 0.306 e. The van der Waals surface area contributed by atoms with Crippen LogP contribution in [0.15, 0.2) is 97.2 Å². The molecule has 0 aliphatic rings. The summed E-state index contributed by atoms with van der Waals surface area (Å²) < 4.78 is 34.3. The quantitative estimate of drug-likeness (QED) is 0.0195. The number of unbranched alkanes of at least 4 members (excludes halogenated alkanes) is 35. The zero-order valence-corrected chi connectivity index (χ0v) is 56.9. The molecule has 0 amide bonds. The smallest absolute Gasteiger partial charge is 0.306 e. The Labute approximate surface area is 525 Å². The Morgan fingerprint density at radius 2 is 0.671 bits per heavy atom. The number of allylic oxidation sites excluding steroid dienone is 16. The molecule has 0 aliphatic carbocycles. The van der Waals surface area contributed by atoms with E-state index in [2.05, 4.69) is 111 Å². The van der Waals surface area contributed by atoms with Gasteiger partial charge < -0.3 is 27.9 Å². The number of likely N-dealkylation sites (N-methyl/N-ethyl adjacent to an activating group) is 1. The first-order valence-electron chi connectivity index (χ1n) is 35.4. The highest BCUT2D eigenvalue weighted by Crippen LogP contribution is 2.38. The van der Waals surface area contributed by atoms with E-state index >= 15 is 0 Å². The third-order valence-electron chi connectivity index (χ3n) is 15.4. The van der Waals surface area contributed by atoms with Crippen LogP contribution in [0.3, 0.4) is 0 Å². The normalized spacial score (nSPS) is 13.7. The van der Waals surface area contributed by atoms with Gasteiger partial charge in [-0.2, -0.15) is 0 Å². The average molecular weight is 1210 g/mol. The minimum absolute atomic E-state index is 0.0371. The lowest BCUT2D eigenvalue weighted by atomic mass is 10.0. The molecule has 0 saturated heterocycles. The molecular weight excluding hydrogens is 1070 g/mol. The molecule has 0 N–H and O–H groups in total. The summed E-state index contributed by atoms with van der Waals surface area (Å²) in [5.74, 6) is -0.843. The molecule has 2 unspecified atom stereocenters. The van der Waals surface area contributed by atoms with Gasteiger partial charge in [-0.05, 0) is 77.0 Å². The first kappa shape index (κ1) is 81.9. The Morgan fingerprint density at radius 3 is 1.00 bits per heavy atom. The molecule has 85 heavy (non-hydrogen) atoms. The van der Waals surface area contributed by atoms with Gasteiger partial charge in [0.2, 0.25) is 0 Å². The lowest BCUT2D eigenvalue weighted by molar-refractivity contribution is -0.870. The van der Waals surface area contributed by atoms with Crippen molar-refractivity contribution in [2.75, 3.05) is 47.5 Å². The first-order valence-corrected chi connectivity index (χ1v) is 36.9. The number of rotatable bonds is 65. The van der Waals surface area contributed by atoms with Crippen molar-refractivity contribution in [1.29, 1.82) is 0 Å². The number of phosphoric acid groups is 1. The standard InChI is InChI=1S/C75H134NO8P/c1-6-8-10-12-14-16-18-20-22-24-26-28-30-32-34-36-38-40-42-44-46-48-50-52-54-56-58-60-62-64-66-68-75(78)84-73(72-83-85(79,80)82-70-69-76(3,4)5)71-81-74(77)67-65-63-61-59-57-55-53-51-49-47-45-43-41-39-37-35-33-31-29-27-25-23-21-19-17-15-13-11-9-7-2/h8,10,14,16,20,22,26,28,32,34,38,40,44,46,50,52,73H,6-7,9,11-13,15,17-19,21,23-25,27,29-31,33,35-37,39,41-43,45,47-49,51,53-72H2,1-5H3/b10-8-,16-14-,22-20-,28-26-,34-32-,40-38-,46-44-,52-50-. The maximum atomic E-state index is 12.9. The van der Waals surface area contributed by atoms with Crippen molar-refractivity contribution in [3.8, 4) is 0 Å². The predicted molar refractivity (Wildman–Crippen MR) is 365 cm³/mol. The zero-order valence-electron chi connectivity index (χ0n) is 56.0. The summed E-state index contributed by atoms with van der Waals surface area (Å²) >= 11 is 0. The average Bonchev–Trinajstić information content (AvgIpc) is 3.50. The summed E-state index contributed by atoms with van der Waals surface area (Å²) in [5, 5.41) is 0. The number of carbonyl (C=O) groups excluding carboxylic acids is 2. The fourth-order valence-electron chi connectivity index (χ4n) is 9.97. The van der Waals surface area contributed by atoms with E-state index in [-0.39, 0.29) is 32.0 Å². The summed E-state index contributed by atoms with van der Waals surface area (Å²) in [6.45, 7) is 4.14. The van der Waals surface area contributed by atoms with Gasteiger partial charge in [-0.1, -0.05) is 323 Å². The lowest BCUT2D eigenvalue weighted by Crippen LogP contribution is -2.37. The van der Waals surface area contributed by atoms with Crippen LogP contribution in [-0.2, 0) is 32.7 Å². The number of hydrogen-bond donors (Lipinski definition) is 0. The summed E-state index contributed by atoms with van der Waals surface area (Å²) in [6, 6.07) is 0. The number of carbonyl (C=O) groups is 2. The van der Waals surface area contributed by atoms with Crippen LogP contribution in [0.4, 0.5) is 0 Å². The van der Waals surface area contributed by atoms with E-state index in [1.807, 2.05) is 21.1 Å². The van der Waals surface area contributed by atoms with Crippen molar-refractivity contribution >= 4 is 19.8 Å². The van der Waals surface area contributed by atoms with Gasteiger partial charge in [-0.15, -0.1) is 0 Å². The number of phosphoric ester groups is 1. The summed E-state index contributed by atoms with van der Waals surface area (Å²) in [7, 11) is 1.15. The van der Waals surface area contributed by atoms with Gasteiger partial charge in [-0.25, -0.2) is 0 Å². The van der Waals surface area contributed by atoms with E-state index in [1.165, 1.54) is 173 Å². The minimum atomic E-state index is -4.65. The highest BCUT2D eigenvalue weighted by molar-refractivity contribution is 7.45. The molecule has 0 aromatic rings. The monoisotopic (exact) mass is 1210 g/mol. The van der Waals surface area contributed by atoms with Crippen LogP contribution in [0, 0.1) is 0 Å². The Kier molecular flexibility index (Phi) is 63.0. The van der Waals surface area contributed by atoms with Gasteiger partial charge >= 0.3 is 11.9 Å². The molecule has 0 rings (SSSR count). The van der Waals surface area contributed by atoms with E-state index in [4.69, 9.17) is 18.5 Å². The first-order chi connectivity index (χ1) is 41.5. The molecule has 2 atom stereocenters. The third kappa shape index (κ3) is 69.9. The second-order valence-electron chi connectivity index (χ2n) is 24.9. The van der Waals surface area contributed by atoms with E-state index < -0.39 is 26.5 Å². The molecule has 0 fully saturated rings. The number of esters is 2. The Bertz CT molecular complexity index is 1760. The van der Waals surface area contributed by atoms with Crippen molar-refractivity contribution in [2.24, 2.45) is 0 Å². The largest absolute Gasteiger partial charge is 0.756 e. The van der Waals surface area contributed by atoms with Crippen molar-refractivity contribution in [1.82, 2.24) is 0 Å². The van der Waals surface area contributed by atoms with Crippen LogP contribution in [0.2, 0.25) is 0 Å². The molecule has 10 heteroatoms. The number of ether oxygens (including phenoxy) is 2. The predicted octanol–water partition coefficient (Wildman–Crippen LogP) is 22.5. The van der Waals surface area contributed by atoms with Gasteiger partial charge in [-0.3, -0.25) is 14.2 Å². The Morgan fingerprint density at radius 1 is 0.376 bits per heavy atom. The van der Waals surface area contributed by atoms with E-state index in [9.17, 15) is 19.0 Å². The van der Waals surface area contributed by atoms with Gasteiger partial charge in [0.05, 0.1) is 27.7 Å². The maximum absolute atomic E-state index is 12.9. The summed E-state index contributed by atoms with van der Waals surface area (Å²) in [5.41, 5.74) is 0. The molecule has 0 aromatic heterocycles. The number of hydrogen-bond acceptors (Lipinski definition) is 8. The topological polar surface area (TPSA) is 111 Å². The Balaban J connectivity index is 4.09. The van der Waals surface area contributed by atoms with Crippen LogP contribution in [-0.4, -0.2) is 70.0 Å². The van der Waals surface area contributed by atoms with E-state index in [1.54, 1.807) is 0 Å².